The third-order valence-corrected chi connectivity index (χ3v) is 5.21. The first kappa shape index (κ1) is 21.3. The van der Waals surface area contributed by atoms with E-state index in [0.29, 0.717) is 34.6 Å². The summed E-state index contributed by atoms with van der Waals surface area (Å²) in [5.41, 5.74) is 0.460. The fourth-order valence-corrected chi connectivity index (χ4v) is 3.76. The van der Waals surface area contributed by atoms with Crippen molar-refractivity contribution in [3.8, 4) is 11.5 Å². The Bertz CT molecular complexity index is 852. The van der Waals surface area contributed by atoms with Crippen LogP contribution in [0.2, 0.25) is 5.02 Å². The predicted octanol–water partition coefficient (Wildman–Crippen LogP) is 3.52. The number of carbonyl (C=O) groups excluding carboxylic acids is 1. The lowest BCUT2D eigenvalue weighted by atomic mass is 10.0. The molecule has 2 aromatic rings. The second-order valence-electron chi connectivity index (χ2n) is 7.77. The van der Waals surface area contributed by atoms with Crippen LogP contribution in [0, 0.1) is 5.92 Å². The first-order valence-corrected chi connectivity index (χ1v) is 10.3. The van der Waals surface area contributed by atoms with Gasteiger partial charge in [0, 0.05) is 37.8 Å². The molecule has 158 valence electrons. The Kier molecular flexibility index (Phi) is 6.90. The molecule has 3 rings (SSSR count). The van der Waals surface area contributed by atoms with Gasteiger partial charge in [-0.3, -0.25) is 9.48 Å². The molecule has 1 fully saturated rings. The SMILES string of the molecule is COc1cc(C(=O)N[C@H]2CCCN(c3ccnn3C)C2)cc(Cl)c1OCC(C)C. The maximum atomic E-state index is 12.9. The Morgan fingerprint density at radius 3 is 2.86 bits per heavy atom. The highest BCUT2D eigenvalue weighted by atomic mass is 35.5. The van der Waals surface area contributed by atoms with Gasteiger partial charge in [-0.25, -0.2) is 0 Å². The lowest BCUT2D eigenvalue weighted by Crippen LogP contribution is -2.48. The number of benzene rings is 1. The van der Waals surface area contributed by atoms with Crippen LogP contribution in [0.1, 0.15) is 37.0 Å². The minimum absolute atomic E-state index is 0.0489. The third kappa shape index (κ3) is 5.15. The number of anilines is 1. The molecular weight excluding hydrogens is 392 g/mol. The lowest BCUT2D eigenvalue weighted by Gasteiger charge is -2.34. The van der Waals surface area contributed by atoms with Gasteiger partial charge in [0.15, 0.2) is 11.5 Å². The summed E-state index contributed by atoms with van der Waals surface area (Å²) in [4.78, 5) is 15.1. The quantitative estimate of drug-likeness (QED) is 0.742. The maximum absolute atomic E-state index is 12.9. The van der Waals surface area contributed by atoms with E-state index >= 15 is 0 Å². The summed E-state index contributed by atoms with van der Waals surface area (Å²) in [6.07, 6.45) is 3.72. The lowest BCUT2D eigenvalue weighted by molar-refractivity contribution is 0.0932. The average molecular weight is 421 g/mol. The minimum atomic E-state index is -0.169. The predicted molar refractivity (Wildman–Crippen MR) is 114 cm³/mol. The number of carbonyl (C=O) groups is 1. The summed E-state index contributed by atoms with van der Waals surface area (Å²) in [5, 5.41) is 7.74. The van der Waals surface area contributed by atoms with E-state index in [-0.39, 0.29) is 11.9 Å². The Hall–Kier alpha value is -2.41. The van der Waals surface area contributed by atoms with Gasteiger partial charge in [0.05, 0.1) is 24.9 Å². The first-order valence-electron chi connectivity index (χ1n) is 9.93. The Morgan fingerprint density at radius 2 is 2.21 bits per heavy atom. The maximum Gasteiger partial charge on any atom is 0.251 e. The van der Waals surface area contributed by atoms with Crippen molar-refractivity contribution in [2.75, 3.05) is 31.7 Å². The summed E-state index contributed by atoms with van der Waals surface area (Å²) < 4.78 is 13.0. The number of aromatic nitrogens is 2. The molecule has 0 saturated carbocycles. The van der Waals surface area contributed by atoms with Gasteiger partial charge in [-0.15, -0.1) is 0 Å². The summed E-state index contributed by atoms with van der Waals surface area (Å²) in [5.74, 6) is 2.17. The fraction of sp³-hybridized carbons (Fsp3) is 0.524. The van der Waals surface area contributed by atoms with E-state index in [9.17, 15) is 4.79 Å². The van der Waals surface area contributed by atoms with Crippen molar-refractivity contribution >= 4 is 23.3 Å². The second kappa shape index (κ2) is 9.39. The third-order valence-electron chi connectivity index (χ3n) is 4.93. The van der Waals surface area contributed by atoms with Crippen LogP contribution >= 0.6 is 11.6 Å². The van der Waals surface area contributed by atoms with Gasteiger partial charge in [0.25, 0.3) is 5.91 Å². The van der Waals surface area contributed by atoms with Gasteiger partial charge in [0.1, 0.15) is 5.82 Å². The number of methoxy groups -OCH3 is 1. The normalized spacial score (nSPS) is 16.8. The van der Waals surface area contributed by atoms with Gasteiger partial charge in [-0.05, 0) is 30.9 Å². The summed E-state index contributed by atoms with van der Waals surface area (Å²) in [6, 6.07) is 5.35. The van der Waals surface area contributed by atoms with E-state index in [1.807, 2.05) is 17.8 Å². The zero-order valence-electron chi connectivity index (χ0n) is 17.4. The standard InChI is InChI=1S/C21H29ClN4O3/c1-14(2)13-29-20-17(22)10-15(11-18(20)28-4)21(27)24-16-6-5-9-26(12-16)19-7-8-23-25(19)3/h7-8,10-11,14,16H,5-6,9,12-13H2,1-4H3,(H,24,27)/t16-/m0/s1. The highest BCUT2D eigenvalue weighted by molar-refractivity contribution is 6.32. The minimum Gasteiger partial charge on any atom is -0.493 e. The number of ether oxygens (including phenoxy) is 2. The van der Waals surface area contributed by atoms with Crippen LogP contribution in [0.25, 0.3) is 0 Å². The van der Waals surface area contributed by atoms with Crippen molar-refractivity contribution in [2.45, 2.75) is 32.7 Å². The van der Waals surface area contributed by atoms with E-state index in [0.717, 1.165) is 31.7 Å². The molecule has 0 aliphatic carbocycles. The van der Waals surface area contributed by atoms with Gasteiger partial charge < -0.3 is 19.7 Å². The molecule has 1 saturated heterocycles. The number of nitrogens with one attached hydrogen (secondary N) is 1. The number of aryl methyl sites for hydroxylation is 1. The Morgan fingerprint density at radius 1 is 1.41 bits per heavy atom. The molecule has 1 aromatic heterocycles. The molecular formula is C21H29ClN4O3. The van der Waals surface area contributed by atoms with Gasteiger partial charge in [-0.1, -0.05) is 25.4 Å². The van der Waals surface area contributed by atoms with Crippen molar-refractivity contribution in [3.63, 3.8) is 0 Å². The van der Waals surface area contributed by atoms with Gasteiger partial charge in [-0.2, -0.15) is 5.10 Å². The summed E-state index contributed by atoms with van der Waals surface area (Å²) in [7, 11) is 3.47. The largest absolute Gasteiger partial charge is 0.493 e. The molecule has 8 heteroatoms. The molecule has 1 aliphatic heterocycles. The van der Waals surface area contributed by atoms with Crippen molar-refractivity contribution in [3.05, 3.63) is 35.0 Å². The van der Waals surface area contributed by atoms with Crippen LogP contribution in [0.4, 0.5) is 5.82 Å². The number of piperidine rings is 1. The zero-order chi connectivity index (χ0) is 21.0. The molecule has 0 bridgehead atoms. The van der Waals surface area contributed by atoms with Crippen molar-refractivity contribution in [1.29, 1.82) is 0 Å². The molecule has 1 atom stereocenters. The van der Waals surface area contributed by atoms with Crippen LogP contribution in [-0.4, -0.2) is 48.5 Å². The number of nitrogens with zero attached hydrogens (tertiary/aromatic N) is 3. The summed E-state index contributed by atoms with van der Waals surface area (Å²) in [6.45, 7) is 6.33. The second-order valence-corrected chi connectivity index (χ2v) is 8.17. The highest BCUT2D eigenvalue weighted by Crippen LogP contribution is 2.36. The fourth-order valence-electron chi connectivity index (χ4n) is 3.49. The van der Waals surface area contributed by atoms with E-state index in [2.05, 4.69) is 29.2 Å². The highest BCUT2D eigenvalue weighted by Gasteiger charge is 2.24. The van der Waals surface area contributed by atoms with E-state index < -0.39 is 0 Å². The molecule has 0 radical (unpaired) electrons. The zero-order valence-corrected chi connectivity index (χ0v) is 18.2. The van der Waals surface area contributed by atoms with Gasteiger partial charge >= 0.3 is 0 Å². The van der Waals surface area contributed by atoms with Crippen molar-refractivity contribution in [1.82, 2.24) is 15.1 Å². The van der Waals surface area contributed by atoms with Crippen LogP contribution in [0.5, 0.6) is 11.5 Å². The number of amides is 1. The van der Waals surface area contributed by atoms with Crippen molar-refractivity contribution in [2.24, 2.45) is 13.0 Å². The Balaban J connectivity index is 1.70. The number of halogens is 1. The Labute approximate surface area is 176 Å². The monoisotopic (exact) mass is 420 g/mol. The van der Waals surface area contributed by atoms with Crippen LogP contribution in [0.3, 0.4) is 0 Å². The molecule has 1 aromatic carbocycles. The number of hydrogen-bond acceptors (Lipinski definition) is 5. The first-order chi connectivity index (χ1) is 13.9. The molecule has 0 unspecified atom stereocenters. The average Bonchev–Trinajstić information content (AvgIpc) is 3.12. The van der Waals surface area contributed by atoms with Gasteiger partial charge in [0.2, 0.25) is 0 Å². The molecule has 1 N–H and O–H groups in total. The van der Waals surface area contributed by atoms with E-state index in [1.165, 1.54) is 0 Å². The topological polar surface area (TPSA) is 68.6 Å². The van der Waals surface area contributed by atoms with Crippen LogP contribution < -0.4 is 19.7 Å². The van der Waals surface area contributed by atoms with E-state index in [4.69, 9.17) is 21.1 Å². The number of hydrogen-bond donors (Lipinski definition) is 1. The summed E-state index contributed by atoms with van der Waals surface area (Å²) >= 11 is 6.39. The molecule has 1 amide bonds. The molecule has 1 aliphatic rings. The van der Waals surface area contributed by atoms with Crippen LogP contribution in [0.15, 0.2) is 24.4 Å². The number of rotatable bonds is 7. The smallest absolute Gasteiger partial charge is 0.251 e. The van der Waals surface area contributed by atoms with E-state index in [1.54, 1.807) is 25.4 Å². The molecule has 29 heavy (non-hydrogen) atoms. The molecule has 2 heterocycles. The van der Waals surface area contributed by atoms with Crippen LogP contribution in [-0.2, 0) is 7.05 Å². The van der Waals surface area contributed by atoms with Crippen molar-refractivity contribution < 1.29 is 14.3 Å². The molecule has 7 nitrogen and oxygen atoms in total. The molecule has 0 spiro atoms.